The second kappa shape index (κ2) is 5.24. The van der Waals surface area contributed by atoms with Crippen LogP contribution in [0.2, 0.25) is 0 Å². The average molecular weight is 285 g/mol. The number of benzene rings is 1. The summed E-state index contributed by atoms with van der Waals surface area (Å²) in [6.07, 6.45) is 0.913. The standard InChI is InChI=1S/C16H19N3O2/c1-10-11(2)21-15(18-10)9-17-13-5-4-12-6-7-19(3)16(20)14(12)8-13/h4-5,8,17H,6-7,9H2,1-3H3. The molecule has 1 aliphatic rings. The number of aryl methyl sites for hydroxylation is 2. The largest absolute Gasteiger partial charge is 0.444 e. The minimum absolute atomic E-state index is 0.0858. The van der Waals surface area contributed by atoms with E-state index >= 15 is 0 Å². The summed E-state index contributed by atoms with van der Waals surface area (Å²) in [5.74, 6) is 1.59. The maximum Gasteiger partial charge on any atom is 0.253 e. The lowest BCUT2D eigenvalue weighted by Crippen LogP contribution is -2.34. The van der Waals surface area contributed by atoms with Gasteiger partial charge >= 0.3 is 0 Å². The number of nitrogens with one attached hydrogen (secondary N) is 1. The fourth-order valence-corrected chi connectivity index (χ4v) is 2.49. The van der Waals surface area contributed by atoms with Crippen LogP contribution in [0, 0.1) is 13.8 Å². The summed E-state index contributed by atoms with van der Waals surface area (Å²) in [7, 11) is 1.84. The molecule has 0 fully saturated rings. The van der Waals surface area contributed by atoms with Crippen molar-refractivity contribution in [2.75, 3.05) is 18.9 Å². The number of oxazole rings is 1. The number of aromatic nitrogens is 1. The lowest BCUT2D eigenvalue weighted by molar-refractivity contribution is 0.0781. The number of hydrogen-bond acceptors (Lipinski definition) is 4. The molecule has 0 bridgehead atoms. The Balaban J connectivity index is 1.76. The molecule has 110 valence electrons. The quantitative estimate of drug-likeness (QED) is 0.941. The Morgan fingerprint density at radius 1 is 1.38 bits per heavy atom. The number of fused-ring (bicyclic) bond motifs is 1. The average Bonchev–Trinajstić information content (AvgIpc) is 2.80. The van der Waals surface area contributed by atoms with E-state index in [9.17, 15) is 4.79 Å². The van der Waals surface area contributed by atoms with E-state index in [0.29, 0.717) is 12.4 Å². The van der Waals surface area contributed by atoms with Gasteiger partial charge in [0, 0.05) is 24.8 Å². The number of anilines is 1. The van der Waals surface area contributed by atoms with Gasteiger partial charge in [0.1, 0.15) is 5.76 Å². The van der Waals surface area contributed by atoms with Gasteiger partial charge in [-0.15, -0.1) is 0 Å². The SMILES string of the molecule is Cc1nc(CNc2ccc3c(c2)C(=O)N(C)CC3)oc1C. The van der Waals surface area contributed by atoms with Crippen molar-refractivity contribution in [3.8, 4) is 0 Å². The topological polar surface area (TPSA) is 58.4 Å². The second-order valence-corrected chi connectivity index (χ2v) is 5.45. The van der Waals surface area contributed by atoms with Crippen LogP contribution in [0.1, 0.15) is 33.3 Å². The zero-order valence-corrected chi connectivity index (χ0v) is 12.6. The molecule has 1 amide bonds. The molecule has 0 spiro atoms. The first-order valence-corrected chi connectivity index (χ1v) is 7.10. The zero-order valence-electron chi connectivity index (χ0n) is 12.6. The lowest BCUT2D eigenvalue weighted by atomic mass is 9.99. The Kier molecular flexibility index (Phi) is 3.41. The molecular weight excluding hydrogens is 266 g/mol. The summed E-state index contributed by atoms with van der Waals surface area (Å²) in [6.45, 7) is 5.12. The molecule has 0 saturated carbocycles. The molecule has 2 aromatic rings. The molecule has 0 unspecified atom stereocenters. The van der Waals surface area contributed by atoms with Crippen molar-refractivity contribution in [1.82, 2.24) is 9.88 Å². The first-order valence-electron chi connectivity index (χ1n) is 7.10. The Morgan fingerprint density at radius 2 is 2.19 bits per heavy atom. The number of carbonyl (C=O) groups is 1. The molecule has 1 aliphatic heterocycles. The summed E-state index contributed by atoms with van der Waals surface area (Å²) >= 11 is 0. The summed E-state index contributed by atoms with van der Waals surface area (Å²) in [5.41, 5.74) is 3.72. The van der Waals surface area contributed by atoms with Gasteiger partial charge in [0.2, 0.25) is 5.89 Å². The molecule has 5 heteroatoms. The molecule has 1 N–H and O–H groups in total. The first-order chi connectivity index (χ1) is 10.0. The number of rotatable bonds is 3. The van der Waals surface area contributed by atoms with Gasteiger partial charge in [-0.05, 0) is 38.0 Å². The van der Waals surface area contributed by atoms with Gasteiger partial charge in [-0.1, -0.05) is 6.07 Å². The first kappa shape index (κ1) is 13.7. The van der Waals surface area contributed by atoms with Crippen molar-refractivity contribution < 1.29 is 9.21 Å². The highest BCUT2D eigenvalue weighted by Crippen LogP contribution is 2.22. The van der Waals surface area contributed by atoms with Crippen LogP contribution in [-0.4, -0.2) is 29.4 Å². The van der Waals surface area contributed by atoms with Gasteiger partial charge in [-0.3, -0.25) is 4.79 Å². The third-order valence-electron chi connectivity index (χ3n) is 3.92. The molecule has 21 heavy (non-hydrogen) atoms. The Bertz CT molecular complexity index is 671. The molecule has 0 saturated heterocycles. The second-order valence-electron chi connectivity index (χ2n) is 5.45. The fourth-order valence-electron chi connectivity index (χ4n) is 2.49. The van der Waals surface area contributed by atoms with Gasteiger partial charge in [-0.25, -0.2) is 4.98 Å². The van der Waals surface area contributed by atoms with Crippen molar-refractivity contribution in [2.24, 2.45) is 0 Å². The third kappa shape index (κ3) is 2.63. The van der Waals surface area contributed by atoms with Crippen LogP contribution in [0.3, 0.4) is 0 Å². The van der Waals surface area contributed by atoms with Crippen molar-refractivity contribution >= 4 is 11.6 Å². The predicted molar refractivity (Wildman–Crippen MR) is 80.4 cm³/mol. The third-order valence-corrected chi connectivity index (χ3v) is 3.92. The molecule has 1 aromatic carbocycles. The van der Waals surface area contributed by atoms with E-state index in [4.69, 9.17) is 4.42 Å². The molecule has 0 radical (unpaired) electrons. The van der Waals surface area contributed by atoms with Gasteiger partial charge in [0.05, 0.1) is 12.2 Å². The van der Waals surface area contributed by atoms with E-state index in [-0.39, 0.29) is 5.91 Å². The van der Waals surface area contributed by atoms with Gasteiger partial charge in [0.25, 0.3) is 5.91 Å². The number of carbonyl (C=O) groups excluding carboxylic acids is 1. The monoisotopic (exact) mass is 285 g/mol. The molecule has 0 atom stereocenters. The summed E-state index contributed by atoms with van der Waals surface area (Å²) in [4.78, 5) is 18.3. The van der Waals surface area contributed by atoms with Crippen molar-refractivity contribution in [2.45, 2.75) is 26.8 Å². The van der Waals surface area contributed by atoms with E-state index in [1.807, 2.05) is 39.1 Å². The van der Waals surface area contributed by atoms with Crippen LogP contribution in [0.15, 0.2) is 22.6 Å². The summed E-state index contributed by atoms with van der Waals surface area (Å²) in [6, 6.07) is 5.94. The minimum Gasteiger partial charge on any atom is -0.444 e. The smallest absolute Gasteiger partial charge is 0.253 e. The van der Waals surface area contributed by atoms with Crippen LogP contribution in [0.25, 0.3) is 0 Å². The maximum absolute atomic E-state index is 12.2. The predicted octanol–water partition coefficient (Wildman–Crippen LogP) is 2.53. The highest BCUT2D eigenvalue weighted by atomic mass is 16.4. The fraction of sp³-hybridized carbons (Fsp3) is 0.375. The number of nitrogens with zero attached hydrogens (tertiary/aromatic N) is 2. The minimum atomic E-state index is 0.0858. The molecule has 1 aromatic heterocycles. The van der Waals surface area contributed by atoms with Crippen molar-refractivity contribution in [1.29, 1.82) is 0 Å². The summed E-state index contributed by atoms with van der Waals surface area (Å²) < 4.78 is 5.54. The normalized spacial score (nSPS) is 14.2. The molecule has 0 aliphatic carbocycles. The van der Waals surface area contributed by atoms with Crippen LogP contribution < -0.4 is 5.32 Å². The van der Waals surface area contributed by atoms with Crippen molar-refractivity contribution in [3.63, 3.8) is 0 Å². The van der Waals surface area contributed by atoms with Gasteiger partial charge in [-0.2, -0.15) is 0 Å². The van der Waals surface area contributed by atoms with Crippen LogP contribution >= 0.6 is 0 Å². The van der Waals surface area contributed by atoms with E-state index in [1.165, 1.54) is 0 Å². The van der Waals surface area contributed by atoms with E-state index in [0.717, 1.165) is 41.2 Å². The number of hydrogen-bond donors (Lipinski definition) is 1. The van der Waals surface area contributed by atoms with Crippen LogP contribution in [0.5, 0.6) is 0 Å². The summed E-state index contributed by atoms with van der Waals surface area (Å²) in [5, 5.41) is 3.26. The van der Waals surface area contributed by atoms with Crippen LogP contribution in [-0.2, 0) is 13.0 Å². The van der Waals surface area contributed by atoms with E-state index in [2.05, 4.69) is 10.3 Å². The molecular formula is C16H19N3O2. The Morgan fingerprint density at radius 3 is 2.90 bits per heavy atom. The highest BCUT2D eigenvalue weighted by molar-refractivity contribution is 5.97. The highest BCUT2D eigenvalue weighted by Gasteiger charge is 2.21. The molecule has 2 heterocycles. The maximum atomic E-state index is 12.2. The number of amides is 1. The lowest BCUT2D eigenvalue weighted by Gasteiger charge is -2.25. The Labute approximate surface area is 124 Å². The van der Waals surface area contributed by atoms with Gasteiger partial charge < -0.3 is 14.6 Å². The van der Waals surface area contributed by atoms with E-state index in [1.54, 1.807) is 4.90 Å². The van der Waals surface area contributed by atoms with Gasteiger partial charge in [0.15, 0.2) is 0 Å². The molecule has 3 rings (SSSR count). The number of likely N-dealkylation sites (N-methyl/N-ethyl adjacent to an activating group) is 1. The zero-order chi connectivity index (χ0) is 15.0. The van der Waals surface area contributed by atoms with Crippen molar-refractivity contribution in [3.05, 3.63) is 46.7 Å². The Hall–Kier alpha value is -2.30. The van der Waals surface area contributed by atoms with E-state index < -0.39 is 0 Å². The van der Waals surface area contributed by atoms with Crippen LogP contribution in [0.4, 0.5) is 5.69 Å². The molecule has 5 nitrogen and oxygen atoms in total.